The van der Waals surface area contributed by atoms with Crippen LogP contribution in [0, 0.1) is 0 Å². The molecule has 0 aliphatic carbocycles. The number of nitrogens with zero attached hydrogens (tertiary/aromatic N) is 5. The summed E-state index contributed by atoms with van der Waals surface area (Å²) < 4.78 is 5.43. The Kier molecular flexibility index (Phi) is 4.46. The van der Waals surface area contributed by atoms with Crippen molar-refractivity contribution < 1.29 is 4.74 Å². The van der Waals surface area contributed by atoms with Crippen LogP contribution in [0.1, 0.15) is 12.8 Å². The molecule has 0 spiro atoms. The summed E-state index contributed by atoms with van der Waals surface area (Å²) in [5.74, 6) is 1.85. The van der Waals surface area contributed by atoms with Gasteiger partial charge in [0.2, 0.25) is 0 Å². The predicted molar refractivity (Wildman–Crippen MR) is 92.5 cm³/mol. The molecule has 128 valence electrons. The molecule has 0 amide bonds. The van der Waals surface area contributed by atoms with Gasteiger partial charge in [0.15, 0.2) is 5.82 Å². The molecule has 0 saturated carbocycles. The summed E-state index contributed by atoms with van der Waals surface area (Å²) in [6.45, 7) is 5.39. The quantitative estimate of drug-likeness (QED) is 0.870. The normalized spacial score (nSPS) is 21.8. The summed E-state index contributed by atoms with van der Waals surface area (Å²) >= 11 is 0. The molecule has 8 nitrogen and oxygen atoms in total. The average Bonchev–Trinajstić information content (AvgIpc) is 3.18. The molecule has 4 heterocycles. The van der Waals surface area contributed by atoms with E-state index in [1.165, 1.54) is 5.69 Å². The van der Waals surface area contributed by atoms with E-state index in [4.69, 9.17) is 4.74 Å². The fourth-order valence-corrected chi connectivity index (χ4v) is 3.38. The maximum absolute atomic E-state index is 5.43. The van der Waals surface area contributed by atoms with Crippen LogP contribution in [0.4, 0.5) is 17.3 Å². The molecule has 2 aromatic heterocycles. The summed E-state index contributed by atoms with van der Waals surface area (Å²) in [5.41, 5.74) is 1.21. The number of nitrogens with one attached hydrogen (secondary N) is 2. The number of hydrogen-bond acceptors (Lipinski definition) is 7. The van der Waals surface area contributed by atoms with Crippen molar-refractivity contribution in [3.05, 3.63) is 24.5 Å². The molecular formula is C16H23N7O. The van der Waals surface area contributed by atoms with Gasteiger partial charge in [-0.15, -0.1) is 5.10 Å². The van der Waals surface area contributed by atoms with Crippen LogP contribution in [0.25, 0.3) is 0 Å². The minimum absolute atomic E-state index is 0.364. The van der Waals surface area contributed by atoms with E-state index in [0.29, 0.717) is 6.04 Å². The third-order valence-electron chi connectivity index (χ3n) is 4.62. The molecule has 2 aliphatic rings. The van der Waals surface area contributed by atoms with Crippen LogP contribution < -0.4 is 15.1 Å². The maximum Gasteiger partial charge on any atom is 0.170 e. The van der Waals surface area contributed by atoms with Crippen LogP contribution in [-0.4, -0.2) is 65.8 Å². The fraction of sp³-hybridized carbons (Fsp3) is 0.562. The van der Waals surface area contributed by atoms with E-state index in [0.717, 1.165) is 63.9 Å². The average molecular weight is 329 g/mol. The van der Waals surface area contributed by atoms with Crippen molar-refractivity contribution >= 4 is 17.3 Å². The highest BCUT2D eigenvalue weighted by atomic mass is 16.5. The van der Waals surface area contributed by atoms with E-state index < -0.39 is 0 Å². The summed E-state index contributed by atoms with van der Waals surface area (Å²) in [7, 11) is 0. The van der Waals surface area contributed by atoms with Crippen molar-refractivity contribution in [1.82, 2.24) is 20.4 Å². The van der Waals surface area contributed by atoms with Gasteiger partial charge in [0, 0.05) is 50.2 Å². The first-order valence-corrected chi connectivity index (χ1v) is 8.54. The largest absolute Gasteiger partial charge is 0.378 e. The maximum atomic E-state index is 5.43. The van der Waals surface area contributed by atoms with E-state index in [2.05, 4.69) is 47.6 Å². The lowest BCUT2D eigenvalue weighted by atomic mass is 10.1. The summed E-state index contributed by atoms with van der Waals surface area (Å²) in [6, 6.07) is 4.57. The highest BCUT2D eigenvalue weighted by molar-refractivity contribution is 5.54. The van der Waals surface area contributed by atoms with Gasteiger partial charge in [0.05, 0.1) is 19.4 Å². The Morgan fingerprint density at radius 1 is 1.21 bits per heavy atom. The van der Waals surface area contributed by atoms with Crippen molar-refractivity contribution in [2.75, 3.05) is 54.5 Å². The first kappa shape index (κ1) is 15.2. The second-order valence-electron chi connectivity index (χ2n) is 6.26. The highest BCUT2D eigenvalue weighted by Crippen LogP contribution is 2.22. The molecule has 2 aliphatic heterocycles. The standard InChI is InChI=1S/C16H23N7O/c1-2-13(12-23(5-1)16-11-18-21-20-16)19-15-10-14(3-4-17-15)22-6-8-24-9-7-22/h3-4,10-11,13H,1-2,5-9,12H2,(H,17,19)(H,18,20,21). The van der Waals surface area contributed by atoms with Crippen LogP contribution >= 0.6 is 0 Å². The predicted octanol–water partition coefficient (Wildman–Crippen LogP) is 1.12. The molecular weight excluding hydrogens is 306 g/mol. The Hall–Kier alpha value is -2.35. The number of pyridine rings is 1. The van der Waals surface area contributed by atoms with Crippen molar-refractivity contribution in [3.8, 4) is 0 Å². The smallest absolute Gasteiger partial charge is 0.170 e. The van der Waals surface area contributed by atoms with Crippen molar-refractivity contribution in [2.24, 2.45) is 0 Å². The van der Waals surface area contributed by atoms with Crippen LogP contribution in [0.15, 0.2) is 24.5 Å². The van der Waals surface area contributed by atoms with Crippen LogP contribution in [-0.2, 0) is 4.74 Å². The van der Waals surface area contributed by atoms with Gasteiger partial charge in [-0.05, 0) is 18.9 Å². The molecule has 1 unspecified atom stereocenters. The topological polar surface area (TPSA) is 82.2 Å². The Labute approximate surface area is 141 Å². The van der Waals surface area contributed by atoms with Crippen LogP contribution in [0.3, 0.4) is 0 Å². The molecule has 0 radical (unpaired) electrons. The molecule has 2 fully saturated rings. The van der Waals surface area contributed by atoms with E-state index in [-0.39, 0.29) is 0 Å². The van der Waals surface area contributed by atoms with Gasteiger partial charge in [0.1, 0.15) is 5.82 Å². The monoisotopic (exact) mass is 329 g/mol. The molecule has 2 N–H and O–H groups in total. The number of H-pyrrole nitrogens is 1. The Bertz CT molecular complexity index is 642. The number of anilines is 3. The van der Waals surface area contributed by atoms with E-state index in [9.17, 15) is 0 Å². The zero-order valence-electron chi connectivity index (χ0n) is 13.7. The number of morpholine rings is 1. The first-order chi connectivity index (χ1) is 11.9. The van der Waals surface area contributed by atoms with Gasteiger partial charge < -0.3 is 19.9 Å². The van der Waals surface area contributed by atoms with Gasteiger partial charge in [-0.1, -0.05) is 0 Å². The lowest BCUT2D eigenvalue weighted by molar-refractivity contribution is 0.122. The highest BCUT2D eigenvalue weighted by Gasteiger charge is 2.22. The number of rotatable bonds is 4. The molecule has 24 heavy (non-hydrogen) atoms. The fourth-order valence-electron chi connectivity index (χ4n) is 3.38. The molecule has 2 aromatic rings. The Morgan fingerprint density at radius 3 is 2.96 bits per heavy atom. The second-order valence-corrected chi connectivity index (χ2v) is 6.26. The lowest BCUT2D eigenvalue weighted by Crippen LogP contribution is -2.42. The third-order valence-corrected chi connectivity index (χ3v) is 4.62. The van der Waals surface area contributed by atoms with E-state index in [1.54, 1.807) is 6.20 Å². The first-order valence-electron chi connectivity index (χ1n) is 8.54. The van der Waals surface area contributed by atoms with Gasteiger partial charge in [-0.3, -0.25) is 0 Å². The van der Waals surface area contributed by atoms with Gasteiger partial charge >= 0.3 is 0 Å². The third kappa shape index (κ3) is 3.43. The zero-order chi connectivity index (χ0) is 16.2. The molecule has 1 atom stereocenters. The number of hydrogen-bond donors (Lipinski definition) is 2. The number of ether oxygens (including phenoxy) is 1. The van der Waals surface area contributed by atoms with Gasteiger partial charge in [0.25, 0.3) is 0 Å². The minimum atomic E-state index is 0.364. The van der Waals surface area contributed by atoms with Crippen LogP contribution in [0.2, 0.25) is 0 Å². The van der Waals surface area contributed by atoms with E-state index in [1.807, 2.05) is 6.20 Å². The van der Waals surface area contributed by atoms with Crippen LogP contribution in [0.5, 0.6) is 0 Å². The Morgan fingerprint density at radius 2 is 2.12 bits per heavy atom. The summed E-state index contributed by atoms with van der Waals surface area (Å²) in [4.78, 5) is 9.10. The second kappa shape index (κ2) is 7.04. The van der Waals surface area contributed by atoms with E-state index >= 15 is 0 Å². The molecule has 2 saturated heterocycles. The SMILES string of the molecule is c1cc(N2CCOCC2)cc(NC2CCCN(c3cn[nH]n3)C2)n1. The van der Waals surface area contributed by atoms with Gasteiger partial charge in [-0.2, -0.15) is 10.3 Å². The van der Waals surface area contributed by atoms with Crippen molar-refractivity contribution in [3.63, 3.8) is 0 Å². The summed E-state index contributed by atoms with van der Waals surface area (Å²) in [6.07, 6.45) is 5.93. The van der Waals surface area contributed by atoms with Crippen molar-refractivity contribution in [2.45, 2.75) is 18.9 Å². The number of piperidine rings is 1. The molecule has 0 aromatic carbocycles. The zero-order valence-corrected chi connectivity index (χ0v) is 13.7. The summed E-state index contributed by atoms with van der Waals surface area (Å²) in [5, 5.41) is 14.4. The number of aromatic nitrogens is 4. The van der Waals surface area contributed by atoms with Crippen molar-refractivity contribution in [1.29, 1.82) is 0 Å². The van der Waals surface area contributed by atoms with Gasteiger partial charge in [-0.25, -0.2) is 4.98 Å². The minimum Gasteiger partial charge on any atom is -0.378 e. The molecule has 0 bridgehead atoms. The molecule has 4 rings (SSSR count). The lowest BCUT2D eigenvalue weighted by Gasteiger charge is -2.33. The number of aromatic amines is 1. The Balaban J connectivity index is 1.41. The molecule has 8 heteroatoms.